The van der Waals surface area contributed by atoms with Crippen LogP contribution in [0.2, 0.25) is 0 Å². The van der Waals surface area contributed by atoms with Gasteiger partial charge in [0.1, 0.15) is 0 Å². The lowest BCUT2D eigenvalue weighted by molar-refractivity contribution is -0.140. The number of rotatable bonds is 14. The third-order valence-electron chi connectivity index (χ3n) is 3.40. The standard InChI is InChI=1S/C23H32O4/c1-3-4-5-6-7-11-16-21(24)17-12-8-9-13-18-22(25)19-14-10-15-20-23(26)27-2/h4-5,7-14,17-18,22,25H,3,6,15-16,19-20H2,1-2H3/b5-4-,9-8+,11-7-,14-10-,17-12-,18-13+/t22-/m1/s1. The number of aliphatic hydroxyl groups is 1. The summed E-state index contributed by atoms with van der Waals surface area (Å²) in [6.45, 7) is 2.09. The molecule has 0 bridgehead atoms. The lowest BCUT2D eigenvalue weighted by Crippen LogP contribution is -1.99. The quantitative estimate of drug-likeness (QED) is 0.206. The van der Waals surface area contributed by atoms with Gasteiger partial charge in [0, 0.05) is 12.8 Å². The molecule has 0 saturated carbocycles. The van der Waals surface area contributed by atoms with E-state index in [1.165, 1.54) is 13.2 Å². The molecule has 0 spiro atoms. The fourth-order valence-electron chi connectivity index (χ4n) is 1.92. The van der Waals surface area contributed by atoms with E-state index >= 15 is 0 Å². The van der Waals surface area contributed by atoms with Gasteiger partial charge in [0.05, 0.1) is 13.2 Å². The maximum atomic E-state index is 11.6. The van der Waals surface area contributed by atoms with Crippen molar-refractivity contribution in [3.8, 4) is 0 Å². The van der Waals surface area contributed by atoms with Crippen LogP contribution in [0.25, 0.3) is 0 Å². The summed E-state index contributed by atoms with van der Waals surface area (Å²) in [6, 6.07) is 0. The summed E-state index contributed by atoms with van der Waals surface area (Å²) in [6.07, 6.45) is 25.0. The van der Waals surface area contributed by atoms with Crippen LogP contribution in [-0.4, -0.2) is 30.1 Å². The molecule has 148 valence electrons. The van der Waals surface area contributed by atoms with Gasteiger partial charge in [-0.05, 0) is 31.8 Å². The maximum Gasteiger partial charge on any atom is 0.305 e. The number of carbonyl (C=O) groups excluding carboxylic acids is 2. The van der Waals surface area contributed by atoms with Crippen LogP contribution in [0.5, 0.6) is 0 Å². The van der Waals surface area contributed by atoms with Crippen molar-refractivity contribution in [1.29, 1.82) is 0 Å². The van der Waals surface area contributed by atoms with Gasteiger partial charge in [-0.25, -0.2) is 0 Å². The Balaban J connectivity index is 3.93. The van der Waals surface area contributed by atoms with Gasteiger partial charge in [-0.1, -0.05) is 73.8 Å². The highest BCUT2D eigenvalue weighted by molar-refractivity contribution is 5.90. The molecule has 1 N–H and O–H groups in total. The Labute approximate surface area is 163 Å². The Morgan fingerprint density at radius 3 is 2.44 bits per heavy atom. The summed E-state index contributed by atoms with van der Waals surface area (Å²) in [5.74, 6) is -0.187. The molecule has 0 saturated heterocycles. The normalized spacial score (nSPS) is 13.9. The third kappa shape index (κ3) is 18.1. The first-order valence-electron chi connectivity index (χ1n) is 9.34. The lowest BCUT2D eigenvalue weighted by Gasteiger charge is -1.99. The van der Waals surface area contributed by atoms with Gasteiger partial charge in [-0.15, -0.1) is 0 Å². The summed E-state index contributed by atoms with van der Waals surface area (Å²) in [5, 5.41) is 9.77. The van der Waals surface area contributed by atoms with Crippen molar-refractivity contribution < 1.29 is 19.4 Å². The maximum absolute atomic E-state index is 11.6. The fourth-order valence-corrected chi connectivity index (χ4v) is 1.92. The topological polar surface area (TPSA) is 63.6 Å². The number of carbonyl (C=O) groups is 2. The lowest BCUT2D eigenvalue weighted by atomic mass is 10.2. The van der Waals surface area contributed by atoms with Crippen molar-refractivity contribution in [2.45, 2.75) is 51.6 Å². The first-order valence-corrected chi connectivity index (χ1v) is 9.34. The summed E-state index contributed by atoms with van der Waals surface area (Å²) in [5.41, 5.74) is 0. The number of ether oxygens (including phenoxy) is 1. The number of hydrogen-bond donors (Lipinski definition) is 1. The fraction of sp³-hybridized carbons (Fsp3) is 0.391. The Hall–Kier alpha value is -2.46. The van der Waals surface area contributed by atoms with Gasteiger partial charge in [0.15, 0.2) is 5.78 Å². The van der Waals surface area contributed by atoms with E-state index in [4.69, 9.17) is 0 Å². The summed E-state index contributed by atoms with van der Waals surface area (Å²) < 4.78 is 4.54. The molecule has 0 rings (SSSR count). The van der Waals surface area contributed by atoms with Crippen molar-refractivity contribution in [1.82, 2.24) is 0 Å². The van der Waals surface area contributed by atoms with E-state index in [1.807, 2.05) is 24.3 Å². The van der Waals surface area contributed by atoms with Gasteiger partial charge < -0.3 is 9.84 Å². The molecule has 0 radical (unpaired) electrons. The van der Waals surface area contributed by atoms with E-state index < -0.39 is 6.10 Å². The zero-order chi connectivity index (χ0) is 20.2. The molecule has 0 aliphatic carbocycles. The largest absolute Gasteiger partial charge is 0.469 e. The minimum absolute atomic E-state index is 0.0523. The monoisotopic (exact) mass is 372 g/mol. The second-order valence-electron chi connectivity index (χ2n) is 5.78. The van der Waals surface area contributed by atoms with E-state index in [0.717, 1.165) is 12.8 Å². The minimum Gasteiger partial charge on any atom is -0.469 e. The minimum atomic E-state index is -0.582. The molecule has 27 heavy (non-hydrogen) atoms. The third-order valence-corrected chi connectivity index (χ3v) is 3.40. The van der Waals surface area contributed by atoms with Gasteiger partial charge in [0.25, 0.3) is 0 Å². The first kappa shape index (κ1) is 24.5. The molecule has 1 atom stereocenters. The van der Waals surface area contributed by atoms with Crippen LogP contribution in [0.1, 0.15) is 45.4 Å². The van der Waals surface area contributed by atoms with Crippen LogP contribution in [0.3, 0.4) is 0 Å². The average molecular weight is 373 g/mol. The van der Waals surface area contributed by atoms with Crippen molar-refractivity contribution in [3.63, 3.8) is 0 Å². The number of methoxy groups -OCH3 is 1. The summed E-state index contributed by atoms with van der Waals surface area (Å²) in [4.78, 5) is 22.5. The van der Waals surface area contributed by atoms with Crippen LogP contribution in [0.4, 0.5) is 0 Å². The van der Waals surface area contributed by atoms with Crippen LogP contribution in [0.15, 0.2) is 72.9 Å². The van der Waals surface area contributed by atoms with Gasteiger partial charge in [0.2, 0.25) is 0 Å². The Morgan fingerprint density at radius 1 is 0.963 bits per heavy atom. The van der Waals surface area contributed by atoms with Crippen LogP contribution >= 0.6 is 0 Å². The molecule has 0 aliphatic heterocycles. The number of hydrogen-bond acceptors (Lipinski definition) is 4. The highest BCUT2D eigenvalue weighted by Gasteiger charge is 1.97. The van der Waals surface area contributed by atoms with E-state index in [-0.39, 0.29) is 11.8 Å². The molecule has 0 amide bonds. The van der Waals surface area contributed by atoms with Crippen molar-refractivity contribution in [2.75, 3.05) is 7.11 Å². The number of aliphatic hydroxyl groups excluding tert-OH is 1. The second-order valence-corrected chi connectivity index (χ2v) is 5.78. The molecule has 0 fully saturated rings. The molecular weight excluding hydrogens is 340 g/mol. The number of allylic oxidation sites excluding steroid dienone is 10. The van der Waals surface area contributed by atoms with Crippen LogP contribution in [-0.2, 0) is 14.3 Å². The van der Waals surface area contributed by atoms with E-state index in [2.05, 4.69) is 23.8 Å². The van der Waals surface area contributed by atoms with Crippen LogP contribution < -0.4 is 0 Å². The predicted molar refractivity (Wildman–Crippen MR) is 111 cm³/mol. The number of ketones is 1. The number of esters is 1. The second kappa shape index (κ2) is 18.3. The molecule has 0 aromatic carbocycles. The van der Waals surface area contributed by atoms with Gasteiger partial charge in [-0.3, -0.25) is 9.59 Å². The molecule has 0 aromatic rings. The molecule has 0 unspecified atom stereocenters. The SMILES string of the molecule is CC/C=C\C/C=C\CC(=O)\C=C/C=C/C=C/[C@@H](O)C/C=C\CCC(=O)OC. The Kier molecular flexibility index (Phi) is 16.7. The predicted octanol–water partition coefficient (Wildman–Crippen LogP) is 4.79. The Bertz CT molecular complexity index is 577. The first-order chi connectivity index (χ1) is 13.1. The molecule has 0 aromatic heterocycles. The van der Waals surface area contributed by atoms with Crippen molar-refractivity contribution in [2.24, 2.45) is 0 Å². The molecule has 4 heteroatoms. The molecule has 0 aliphatic rings. The highest BCUT2D eigenvalue weighted by Crippen LogP contribution is 2.00. The highest BCUT2D eigenvalue weighted by atomic mass is 16.5. The smallest absolute Gasteiger partial charge is 0.305 e. The summed E-state index contributed by atoms with van der Waals surface area (Å²) >= 11 is 0. The van der Waals surface area contributed by atoms with Crippen LogP contribution in [0, 0.1) is 0 Å². The van der Waals surface area contributed by atoms with Crippen molar-refractivity contribution >= 4 is 11.8 Å². The molecule has 0 heterocycles. The summed E-state index contributed by atoms with van der Waals surface area (Å²) in [7, 11) is 1.36. The van der Waals surface area contributed by atoms with E-state index in [0.29, 0.717) is 25.7 Å². The van der Waals surface area contributed by atoms with Gasteiger partial charge >= 0.3 is 5.97 Å². The zero-order valence-electron chi connectivity index (χ0n) is 16.4. The Morgan fingerprint density at radius 2 is 1.70 bits per heavy atom. The van der Waals surface area contributed by atoms with E-state index in [1.54, 1.807) is 30.4 Å². The van der Waals surface area contributed by atoms with Crippen molar-refractivity contribution in [3.05, 3.63) is 72.9 Å². The van der Waals surface area contributed by atoms with Gasteiger partial charge in [-0.2, -0.15) is 0 Å². The molecule has 4 nitrogen and oxygen atoms in total. The zero-order valence-corrected chi connectivity index (χ0v) is 16.4. The average Bonchev–Trinajstić information content (AvgIpc) is 2.66. The molecular formula is C23H32O4. The van der Waals surface area contributed by atoms with E-state index in [9.17, 15) is 14.7 Å².